The van der Waals surface area contributed by atoms with Crippen LogP contribution in [0.25, 0.3) is 0 Å². The molecule has 2 atom stereocenters. The molecule has 2 aliphatic rings. The van der Waals surface area contributed by atoms with E-state index in [9.17, 15) is 24.0 Å². The molecule has 9 heteroatoms. The molecule has 3 N–H and O–H groups in total. The van der Waals surface area contributed by atoms with Crippen molar-refractivity contribution in [3.63, 3.8) is 0 Å². The quantitative estimate of drug-likeness (QED) is 0.632. The lowest BCUT2D eigenvalue weighted by atomic mass is 10.0. The number of likely N-dealkylation sites (tertiary alicyclic amines) is 1. The molecule has 1 fully saturated rings. The van der Waals surface area contributed by atoms with Crippen LogP contribution in [0, 0.1) is 12.3 Å². The van der Waals surface area contributed by atoms with E-state index in [0.717, 1.165) is 0 Å². The second-order valence-corrected chi connectivity index (χ2v) is 6.63. The number of amides is 3. The molecule has 9 nitrogen and oxygen atoms in total. The molecule has 1 radical (unpaired) electrons. The van der Waals surface area contributed by atoms with Crippen LogP contribution < -0.4 is 11.1 Å². The molecule has 0 saturated carbocycles. The number of nitrogens with one attached hydrogen (secondary N) is 1. The van der Waals surface area contributed by atoms with Gasteiger partial charge in [0.25, 0.3) is 5.91 Å². The smallest absolute Gasteiger partial charge is 0.276 e. The average molecular weight is 375 g/mol. The molecule has 3 amide bonds. The minimum atomic E-state index is -0.723. The van der Waals surface area contributed by atoms with Crippen molar-refractivity contribution in [1.29, 1.82) is 0 Å². The largest absolute Gasteiger partial charge is 0.369 e. The van der Waals surface area contributed by atoms with E-state index < -0.39 is 29.7 Å². The van der Waals surface area contributed by atoms with Crippen molar-refractivity contribution in [3.05, 3.63) is 18.7 Å². The number of allylic oxidation sites excluding steroid dienone is 1. The molecule has 2 aliphatic heterocycles. The summed E-state index contributed by atoms with van der Waals surface area (Å²) >= 11 is 0. The zero-order chi connectivity index (χ0) is 20.0. The van der Waals surface area contributed by atoms with Crippen LogP contribution in [0.5, 0.6) is 0 Å². The van der Waals surface area contributed by atoms with Crippen LogP contribution in [0.4, 0.5) is 0 Å². The van der Waals surface area contributed by atoms with Gasteiger partial charge in [-0.15, -0.1) is 0 Å². The van der Waals surface area contributed by atoms with E-state index >= 15 is 0 Å². The summed E-state index contributed by atoms with van der Waals surface area (Å²) in [6.45, 7) is 1.71. The number of hydrogen-bond acceptors (Lipinski definition) is 6. The van der Waals surface area contributed by atoms with E-state index in [0.29, 0.717) is 19.4 Å². The van der Waals surface area contributed by atoms with Gasteiger partial charge in [-0.25, -0.2) is 4.99 Å². The van der Waals surface area contributed by atoms with E-state index in [1.54, 1.807) is 13.0 Å². The van der Waals surface area contributed by atoms with Crippen LogP contribution in [0.15, 0.2) is 17.3 Å². The SMILES string of the molecule is CC(C[CH]C(=O)N[C@H]1CCCN(C(=O)C2=NC=CCC2=O)CC1=O)C(N)=O. The Kier molecular flexibility index (Phi) is 6.98. The predicted molar refractivity (Wildman–Crippen MR) is 96.2 cm³/mol. The summed E-state index contributed by atoms with van der Waals surface area (Å²) in [4.78, 5) is 64.8. The Balaban J connectivity index is 1.92. The van der Waals surface area contributed by atoms with Crippen molar-refractivity contribution in [2.45, 2.75) is 38.6 Å². The van der Waals surface area contributed by atoms with Crippen LogP contribution in [0.3, 0.4) is 0 Å². The molecule has 0 aromatic rings. The average Bonchev–Trinajstić information content (AvgIpc) is 2.81. The van der Waals surface area contributed by atoms with Crippen LogP contribution in [0.2, 0.25) is 0 Å². The van der Waals surface area contributed by atoms with Gasteiger partial charge in [0.15, 0.2) is 17.3 Å². The third kappa shape index (κ3) is 5.57. The first-order chi connectivity index (χ1) is 12.8. The van der Waals surface area contributed by atoms with E-state index in [1.165, 1.54) is 17.5 Å². The first-order valence-corrected chi connectivity index (χ1v) is 8.80. The Morgan fingerprint density at radius 2 is 2.15 bits per heavy atom. The van der Waals surface area contributed by atoms with Crippen LogP contribution in [-0.2, 0) is 24.0 Å². The summed E-state index contributed by atoms with van der Waals surface area (Å²) in [5, 5.41) is 2.61. The number of ketones is 2. The number of carbonyl (C=O) groups excluding carboxylic acids is 5. The molecule has 0 spiro atoms. The third-order valence-electron chi connectivity index (χ3n) is 4.48. The van der Waals surface area contributed by atoms with Gasteiger partial charge in [0.1, 0.15) is 0 Å². The van der Waals surface area contributed by atoms with Gasteiger partial charge in [-0.1, -0.05) is 13.0 Å². The molecule has 2 heterocycles. The molecule has 0 aliphatic carbocycles. The Morgan fingerprint density at radius 1 is 1.41 bits per heavy atom. The fourth-order valence-electron chi connectivity index (χ4n) is 2.76. The zero-order valence-electron chi connectivity index (χ0n) is 15.1. The lowest BCUT2D eigenvalue weighted by Gasteiger charge is -2.21. The second-order valence-electron chi connectivity index (χ2n) is 6.63. The first-order valence-electron chi connectivity index (χ1n) is 8.80. The van der Waals surface area contributed by atoms with Crippen molar-refractivity contribution in [3.8, 4) is 0 Å². The van der Waals surface area contributed by atoms with Crippen LogP contribution in [0.1, 0.15) is 32.6 Å². The number of Topliss-reactive ketones (excluding diaryl/α,β-unsaturated/α-hetero) is 2. The van der Waals surface area contributed by atoms with Crippen molar-refractivity contribution in [2.75, 3.05) is 13.1 Å². The molecule has 1 unspecified atom stereocenters. The number of rotatable bonds is 6. The molecule has 0 aromatic heterocycles. The maximum Gasteiger partial charge on any atom is 0.276 e. The normalized spacial score (nSPS) is 21.3. The van der Waals surface area contributed by atoms with Gasteiger partial charge >= 0.3 is 0 Å². The molecule has 0 aromatic carbocycles. The molecule has 27 heavy (non-hydrogen) atoms. The van der Waals surface area contributed by atoms with E-state index in [1.807, 2.05) is 0 Å². The highest BCUT2D eigenvalue weighted by Gasteiger charge is 2.32. The van der Waals surface area contributed by atoms with Crippen LogP contribution >= 0.6 is 0 Å². The molecular weight excluding hydrogens is 352 g/mol. The minimum Gasteiger partial charge on any atom is -0.369 e. The van der Waals surface area contributed by atoms with Gasteiger partial charge in [-0.3, -0.25) is 24.0 Å². The number of primary amides is 1. The van der Waals surface area contributed by atoms with Gasteiger partial charge in [-0.2, -0.15) is 0 Å². The summed E-state index contributed by atoms with van der Waals surface area (Å²) < 4.78 is 0. The predicted octanol–water partition coefficient (Wildman–Crippen LogP) is -0.694. The number of aliphatic imine (C=N–C) groups is 1. The Hall–Kier alpha value is -2.84. The topological polar surface area (TPSA) is 139 Å². The van der Waals surface area contributed by atoms with E-state index in [2.05, 4.69) is 10.3 Å². The van der Waals surface area contributed by atoms with E-state index in [4.69, 9.17) is 5.73 Å². The Labute approximate surface area is 157 Å². The first kappa shape index (κ1) is 20.5. The summed E-state index contributed by atoms with van der Waals surface area (Å²) in [5.41, 5.74) is 4.98. The lowest BCUT2D eigenvalue weighted by Crippen LogP contribution is -2.46. The number of nitrogens with zero attached hydrogens (tertiary/aromatic N) is 2. The van der Waals surface area contributed by atoms with Gasteiger partial charge in [0.05, 0.1) is 19.0 Å². The highest BCUT2D eigenvalue weighted by Crippen LogP contribution is 2.12. The van der Waals surface area contributed by atoms with E-state index in [-0.39, 0.29) is 36.7 Å². The van der Waals surface area contributed by atoms with Gasteiger partial charge in [-0.05, 0) is 19.3 Å². The maximum atomic E-state index is 12.5. The summed E-state index contributed by atoms with van der Waals surface area (Å²) in [6, 6.07) is -0.723. The third-order valence-corrected chi connectivity index (χ3v) is 4.48. The Bertz CT molecular complexity index is 713. The summed E-state index contributed by atoms with van der Waals surface area (Å²) in [7, 11) is 0. The number of hydrogen-bond donors (Lipinski definition) is 2. The minimum absolute atomic E-state index is 0.116. The standard InChI is InChI=1S/C18H23N4O5/c1-11(17(19)26)6-7-15(25)21-12-4-3-9-22(10-14(12)24)18(27)16-13(23)5-2-8-20-16/h2,7-8,11-12H,3-6,9-10H2,1H3,(H2,19,26)(H,21,25)/t11?,12-/m0/s1. The number of carbonyl (C=O) groups is 5. The number of nitrogens with two attached hydrogens (primary N) is 1. The molecular formula is C18H23N4O5. The highest BCUT2D eigenvalue weighted by atomic mass is 16.2. The molecule has 145 valence electrons. The lowest BCUT2D eigenvalue weighted by molar-refractivity contribution is -0.131. The van der Waals surface area contributed by atoms with Crippen molar-refractivity contribution in [2.24, 2.45) is 16.6 Å². The molecule has 0 bridgehead atoms. The van der Waals surface area contributed by atoms with Crippen LogP contribution in [-0.4, -0.2) is 59.0 Å². The van der Waals surface area contributed by atoms with Gasteiger partial charge < -0.3 is 16.0 Å². The highest BCUT2D eigenvalue weighted by molar-refractivity contribution is 6.66. The summed E-state index contributed by atoms with van der Waals surface area (Å²) in [6.07, 6.45) is 5.43. The maximum absolute atomic E-state index is 12.5. The second kappa shape index (κ2) is 9.20. The zero-order valence-corrected chi connectivity index (χ0v) is 15.1. The monoisotopic (exact) mass is 375 g/mol. The Morgan fingerprint density at radius 3 is 2.81 bits per heavy atom. The van der Waals surface area contributed by atoms with Crippen molar-refractivity contribution in [1.82, 2.24) is 10.2 Å². The van der Waals surface area contributed by atoms with Gasteiger partial charge in [0.2, 0.25) is 11.8 Å². The summed E-state index contributed by atoms with van der Waals surface area (Å²) in [5.74, 6) is -2.69. The fraction of sp³-hybridized carbons (Fsp3) is 0.500. The van der Waals surface area contributed by atoms with Gasteiger partial charge in [0, 0.05) is 25.1 Å². The van der Waals surface area contributed by atoms with Crippen molar-refractivity contribution >= 4 is 35.0 Å². The van der Waals surface area contributed by atoms with Crippen molar-refractivity contribution < 1.29 is 24.0 Å². The fourth-order valence-corrected chi connectivity index (χ4v) is 2.76. The molecule has 2 rings (SSSR count). The molecule has 1 saturated heterocycles.